The van der Waals surface area contributed by atoms with Crippen LogP contribution >= 0.6 is 0 Å². The van der Waals surface area contributed by atoms with Crippen molar-refractivity contribution in [3.8, 4) is 17.1 Å². The number of halogens is 3. The van der Waals surface area contributed by atoms with E-state index in [0.29, 0.717) is 5.75 Å². The molecule has 0 aliphatic heterocycles. The van der Waals surface area contributed by atoms with Crippen LogP contribution in [0.1, 0.15) is 5.56 Å². The van der Waals surface area contributed by atoms with Gasteiger partial charge in [0.05, 0.1) is 17.0 Å². The first kappa shape index (κ1) is 19.8. The molecule has 2 N–H and O–H groups in total. The van der Waals surface area contributed by atoms with Crippen molar-refractivity contribution >= 4 is 10.0 Å². The fourth-order valence-corrected chi connectivity index (χ4v) is 2.77. The minimum Gasteiger partial charge on any atom is -0.492 e. The van der Waals surface area contributed by atoms with E-state index < -0.39 is 21.8 Å². The van der Waals surface area contributed by atoms with Crippen molar-refractivity contribution in [2.45, 2.75) is 17.6 Å². The molecule has 0 fully saturated rings. The molecule has 0 unspecified atom stereocenters. The molecule has 8 nitrogen and oxygen atoms in total. The van der Waals surface area contributed by atoms with Crippen LogP contribution in [-0.4, -0.2) is 35.2 Å². The zero-order valence-corrected chi connectivity index (χ0v) is 15.0. The summed E-state index contributed by atoms with van der Waals surface area (Å²) in [5, 5.41) is 16.6. The van der Waals surface area contributed by atoms with Crippen molar-refractivity contribution < 1.29 is 26.3 Å². The molecule has 2 aromatic carbocycles. The van der Waals surface area contributed by atoms with Crippen molar-refractivity contribution in [1.82, 2.24) is 20.2 Å². The van der Waals surface area contributed by atoms with Crippen molar-refractivity contribution in [3.63, 3.8) is 0 Å². The van der Waals surface area contributed by atoms with Gasteiger partial charge in [0.1, 0.15) is 12.4 Å². The Balaban J connectivity index is 1.61. The van der Waals surface area contributed by atoms with Gasteiger partial charge >= 0.3 is 6.18 Å². The summed E-state index contributed by atoms with van der Waals surface area (Å²) in [5.74, 6) is 0.467. The van der Waals surface area contributed by atoms with Crippen LogP contribution in [0.5, 0.6) is 5.75 Å². The molecule has 0 amide bonds. The molecule has 1 heterocycles. The number of rotatable bonds is 6. The molecule has 0 radical (unpaired) electrons. The van der Waals surface area contributed by atoms with Crippen LogP contribution in [0.2, 0.25) is 0 Å². The Morgan fingerprint density at radius 2 is 1.82 bits per heavy atom. The molecule has 28 heavy (non-hydrogen) atoms. The van der Waals surface area contributed by atoms with Gasteiger partial charge < -0.3 is 4.74 Å². The van der Waals surface area contributed by atoms with Gasteiger partial charge in [-0.3, -0.25) is 0 Å². The summed E-state index contributed by atoms with van der Waals surface area (Å²) in [5.41, 5.74) is -0.604. The maximum Gasteiger partial charge on any atom is 0.416 e. The van der Waals surface area contributed by atoms with Gasteiger partial charge in [0.25, 0.3) is 0 Å². The molecule has 0 saturated carbocycles. The number of sulfonamides is 1. The molecule has 3 rings (SSSR count). The van der Waals surface area contributed by atoms with Gasteiger partial charge in [-0.2, -0.15) is 18.0 Å². The summed E-state index contributed by atoms with van der Waals surface area (Å²) in [6, 6.07) is 10.2. The van der Waals surface area contributed by atoms with E-state index in [2.05, 4.69) is 15.4 Å². The summed E-state index contributed by atoms with van der Waals surface area (Å²) in [4.78, 5) is 1.15. The van der Waals surface area contributed by atoms with Crippen LogP contribution in [0, 0.1) is 0 Å². The van der Waals surface area contributed by atoms with E-state index in [4.69, 9.17) is 9.88 Å². The van der Waals surface area contributed by atoms with Gasteiger partial charge in [0.2, 0.25) is 15.8 Å². The number of hydrogen-bond acceptors (Lipinski definition) is 6. The van der Waals surface area contributed by atoms with Gasteiger partial charge in [0, 0.05) is 5.56 Å². The molecule has 0 spiro atoms. The van der Waals surface area contributed by atoms with Crippen molar-refractivity contribution in [1.29, 1.82) is 0 Å². The number of tetrazole rings is 1. The predicted molar refractivity (Wildman–Crippen MR) is 91.6 cm³/mol. The second-order valence-corrected chi connectivity index (χ2v) is 7.21. The van der Waals surface area contributed by atoms with Crippen molar-refractivity contribution in [3.05, 3.63) is 54.1 Å². The summed E-state index contributed by atoms with van der Waals surface area (Å²) in [6.07, 6.45) is -4.46. The smallest absolute Gasteiger partial charge is 0.416 e. The maximum absolute atomic E-state index is 12.8. The van der Waals surface area contributed by atoms with Crippen LogP contribution in [-0.2, 0) is 22.7 Å². The number of hydrogen-bond donors (Lipinski definition) is 1. The quantitative estimate of drug-likeness (QED) is 0.662. The Morgan fingerprint density at radius 3 is 2.46 bits per heavy atom. The summed E-state index contributed by atoms with van der Waals surface area (Å²) < 4.78 is 66.2. The molecule has 0 aliphatic rings. The SMILES string of the molecule is NS(=O)(=O)c1ccc(OCCn2nnc(-c3cccc(C(F)(F)F)c3)n2)cc1. The normalized spacial score (nSPS) is 12.1. The third-order valence-corrected chi connectivity index (χ3v) is 4.54. The number of alkyl halides is 3. The highest BCUT2D eigenvalue weighted by Gasteiger charge is 2.30. The highest BCUT2D eigenvalue weighted by atomic mass is 32.2. The summed E-state index contributed by atoms with van der Waals surface area (Å²) in [7, 11) is -3.78. The maximum atomic E-state index is 12.8. The van der Waals surface area contributed by atoms with E-state index in [9.17, 15) is 21.6 Å². The van der Waals surface area contributed by atoms with Crippen LogP contribution in [0.3, 0.4) is 0 Å². The number of ether oxygens (including phenoxy) is 1. The van der Waals surface area contributed by atoms with Crippen LogP contribution in [0.15, 0.2) is 53.4 Å². The topological polar surface area (TPSA) is 113 Å². The lowest BCUT2D eigenvalue weighted by Gasteiger charge is -2.07. The lowest BCUT2D eigenvalue weighted by atomic mass is 10.1. The second kappa shape index (κ2) is 7.56. The second-order valence-electron chi connectivity index (χ2n) is 5.65. The molecular weight excluding hydrogens is 399 g/mol. The first-order valence-electron chi connectivity index (χ1n) is 7.84. The molecular formula is C16H14F3N5O3S. The highest BCUT2D eigenvalue weighted by molar-refractivity contribution is 7.89. The highest BCUT2D eigenvalue weighted by Crippen LogP contribution is 2.31. The fourth-order valence-electron chi connectivity index (χ4n) is 2.26. The lowest BCUT2D eigenvalue weighted by molar-refractivity contribution is -0.137. The first-order valence-corrected chi connectivity index (χ1v) is 9.39. The molecule has 1 aromatic heterocycles. The average molecular weight is 413 g/mol. The number of nitrogens with two attached hydrogens (primary N) is 1. The Morgan fingerprint density at radius 1 is 1.11 bits per heavy atom. The number of primary sulfonamides is 1. The van der Waals surface area contributed by atoms with Crippen LogP contribution < -0.4 is 9.88 Å². The number of nitrogens with zero attached hydrogens (tertiary/aromatic N) is 4. The minimum atomic E-state index is -4.46. The number of benzene rings is 2. The van der Waals surface area contributed by atoms with Gasteiger partial charge in [-0.15, -0.1) is 10.2 Å². The molecule has 148 valence electrons. The van der Waals surface area contributed by atoms with Gasteiger partial charge in [-0.25, -0.2) is 13.6 Å². The Hall–Kier alpha value is -2.99. The summed E-state index contributed by atoms with van der Waals surface area (Å²) in [6.45, 7) is 0.315. The Kier molecular flexibility index (Phi) is 5.34. The van der Waals surface area contributed by atoms with Crippen LogP contribution in [0.25, 0.3) is 11.4 Å². The van der Waals surface area contributed by atoms with E-state index in [1.165, 1.54) is 41.2 Å². The van der Waals surface area contributed by atoms with Crippen molar-refractivity contribution in [2.75, 3.05) is 6.61 Å². The molecule has 3 aromatic rings. The lowest BCUT2D eigenvalue weighted by Crippen LogP contribution is -2.12. The van der Waals surface area contributed by atoms with Crippen LogP contribution in [0.4, 0.5) is 13.2 Å². The third-order valence-electron chi connectivity index (χ3n) is 3.61. The fraction of sp³-hybridized carbons (Fsp3) is 0.188. The third kappa shape index (κ3) is 4.84. The Labute approximate surface area is 157 Å². The Bertz CT molecular complexity index is 1070. The molecule has 0 saturated heterocycles. The number of aromatic nitrogens is 4. The van der Waals surface area contributed by atoms with E-state index in [0.717, 1.165) is 12.1 Å². The first-order chi connectivity index (χ1) is 13.1. The predicted octanol–water partition coefficient (Wildman–Crippen LogP) is 2.09. The zero-order chi connectivity index (χ0) is 20.4. The molecule has 0 atom stereocenters. The average Bonchev–Trinajstić information content (AvgIpc) is 3.10. The summed E-state index contributed by atoms with van der Waals surface area (Å²) >= 11 is 0. The van der Waals surface area contributed by atoms with E-state index in [1.54, 1.807) is 0 Å². The van der Waals surface area contributed by atoms with Crippen molar-refractivity contribution in [2.24, 2.45) is 5.14 Å². The molecule has 0 bridgehead atoms. The van der Waals surface area contributed by atoms with E-state index in [1.807, 2.05) is 0 Å². The largest absolute Gasteiger partial charge is 0.492 e. The molecule has 0 aliphatic carbocycles. The van der Waals surface area contributed by atoms with E-state index in [-0.39, 0.29) is 29.4 Å². The van der Waals surface area contributed by atoms with Gasteiger partial charge in [-0.05, 0) is 41.6 Å². The minimum absolute atomic E-state index is 0.0384. The monoisotopic (exact) mass is 413 g/mol. The standard InChI is InChI=1S/C16H14F3N5O3S/c17-16(18,19)12-3-1-2-11(10-12)15-21-23-24(22-15)8-9-27-13-4-6-14(7-5-13)28(20,25)26/h1-7,10H,8-9H2,(H2,20,25,26). The van der Waals surface area contributed by atoms with Gasteiger partial charge in [0.15, 0.2) is 0 Å². The van der Waals surface area contributed by atoms with Gasteiger partial charge in [-0.1, -0.05) is 12.1 Å². The molecule has 12 heteroatoms. The zero-order valence-electron chi connectivity index (χ0n) is 14.2. The van der Waals surface area contributed by atoms with E-state index >= 15 is 0 Å².